The fraction of sp³-hybridized carbons (Fsp3) is 0.185. The van der Waals surface area contributed by atoms with Crippen molar-refractivity contribution in [1.29, 1.82) is 0 Å². The second-order valence-corrected chi connectivity index (χ2v) is 9.03. The summed E-state index contributed by atoms with van der Waals surface area (Å²) < 4.78 is 0. The Labute approximate surface area is 201 Å². The molecule has 3 aromatic carbocycles. The van der Waals surface area contributed by atoms with Crippen LogP contribution in [0, 0.1) is 5.21 Å². The molecule has 2 aliphatic heterocycles. The van der Waals surface area contributed by atoms with Crippen LogP contribution in [0.25, 0.3) is 10.9 Å². The third kappa shape index (κ3) is 3.54. The minimum absolute atomic E-state index is 0.000644. The minimum atomic E-state index is -0.634. The number of para-hydroxylation sites is 1. The van der Waals surface area contributed by atoms with E-state index in [-0.39, 0.29) is 29.3 Å². The van der Waals surface area contributed by atoms with Gasteiger partial charge in [0.2, 0.25) is 11.8 Å². The summed E-state index contributed by atoms with van der Waals surface area (Å²) in [5.41, 5.74) is 4.66. The summed E-state index contributed by atoms with van der Waals surface area (Å²) in [6, 6.07) is 22.9. The van der Waals surface area contributed by atoms with Gasteiger partial charge in [0.05, 0.1) is 11.7 Å². The Balaban J connectivity index is 1.45. The highest BCUT2D eigenvalue weighted by Gasteiger charge is 2.48. The average molecular weight is 468 g/mol. The summed E-state index contributed by atoms with van der Waals surface area (Å²) in [4.78, 5) is 34.1. The van der Waals surface area contributed by atoms with Crippen molar-refractivity contribution in [1.82, 2.24) is 14.8 Å². The average Bonchev–Trinajstić information content (AvgIpc) is 3.25. The first-order chi connectivity index (χ1) is 17.0. The summed E-state index contributed by atoms with van der Waals surface area (Å²) in [5.74, 6) is -0.205. The van der Waals surface area contributed by atoms with Gasteiger partial charge in [-0.1, -0.05) is 60.7 Å². The summed E-state index contributed by atoms with van der Waals surface area (Å²) in [7, 11) is 0. The SMILES string of the molecule is O=C1[C@@H]2Cc3c([nH]c4ccccc34)C(c3ccc(N([O-])O)cc3)N2C(=O)CN1Cc1ccccc1. The van der Waals surface area contributed by atoms with Crippen molar-refractivity contribution in [2.24, 2.45) is 0 Å². The molecular weight excluding hydrogens is 444 g/mol. The Kier molecular flexibility index (Phi) is 5.05. The van der Waals surface area contributed by atoms with Crippen LogP contribution in [0.1, 0.15) is 28.4 Å². The van der Waals surface area contributed by atoms with E-state index in [1.807, 2.05) is 54.6 Å². The molecule has 2 amide bonds. The highest BCUT2D eigenvalue weighted by atomic mass is 16.8. The normalized spacial score (nSPS) is 19.6. The van der Waals surface area contributed by atoms with Crippen LogP contribution < -0.4 is 5.23 Å². The maximum absolute atomic E-state index is 13.7. The Morgan fingerprint density at radius 3 is 2.43 bits per heavy atom. The molecule has 6 rings (SSSR count). The van der Waals surface area contributed by atoms with E-state index in [1.165, 1.54) is 12.1 Å². The van der Waals surface area contributed by atoms with Crippen molar-refractivity contribution in [2.75, 3.05) is 11.8 Å². The number of nitrogens with zero attached hydrogens (tertiary/aromatic N) is 3. The Bertz CT molecular complexity index is 1410. The second kappa shape index (κ2) is 8.26. The maximum atomic E-state index is 13.7. The largest absolute Gasteiger partial charge is 0.733 e. The number of hydrogen-bond acceptors (Lipinski definition) is 5. The van der Waals surface area contributed by atoms with E-state index in [1.54, 1.807) is 21.9 Å². The Morgan fingerprint density at radius 1 is 0.971 bits per heavy atom. The first-order valence-corrected chi connectivity index (χ1v) is 11.5. The van der Waals surface area contributed by atoms with Crippen molar-refractivity contribution in [3.05, 3.63) is 106 Å². The van der Waals surface area contributed by atoms with Crippen LogP contribution in [0.2, 0.25) is 0 Å². The van der Waals surface area contributed by atoms with Gasteiger partial charge in [-0.2, -0.15) is 0 Å². The Morgan fingerprint density at radius 2 is 1.69 bits per heavy atom. The number of carbonyl (C=O) groups is 2. The third-order valence-corrected chi connectivity index (χ3v) is 6.99. The molecule has 2 atom stereocenters. The summed E-state index contributed by atoms with van der Waals surface area (Å²) in [6.07, 6.45) is 0.425. The van der Waals surface area contributed by atoms with E-state index in [0.29, 0.717) is 13.0 Å². The number of anilines is 1. The Hall–Kier alpha value is -4.14. The molecule has 35 heavy (non-hydrogen) atoms. The quantitative estimate of drug-likeness (QED) is 0.445. The molecule has 2 N–H and O–H groups in total. The van der Waals surface area contributed by atoms with Crippen LogP contribution in [0.3, 0.4) is 0 Å². The van der Waals surface area contributed by atoms with Gasteiger partial charge in [-0.05, 0) is 34.9 Å². The van der Waals surface area contributed by atoms with Crippen molar-refractivity contribution < 1.29 is 14.8 Å². The lowest BCUT2D eigenvalue weighted by atomic mass is 9.86. The number of carbonyl (C=O) groups excluding carboxylic acids is 2. The fourth-order valence-electron chi connectivity index (χ4n) is 5.39. The number of piperazine rings is 1. The number of nitrogens with one attached hydrogen (secondary N) is 1. The molecule has 1 fully saturated rings. The van der Waals surface area contributed by atoms with Gasteiger partial charge in [0, 0.05) is 29.6 Å². The number of aromatic amines is 1. The summed E-state index contributed by atoms with van der Waals surface area (Å²) >= 11 is 0. The van der Waals surface area contributed by atoms with E-state index in [2.05, 4.69) is 4.98 Å². The van der Waals surface area contributed by atoms with Crippen molar-refractivity contribution >= 4 is 28.4 Å². The zero-order valence-electron chi connectivity index (χ0n) is 18.8. The van der Waals surface area contributed by atoms with Gasteiger partial charge in [0.15, 0.2) is 0 Å². The van der Waals surface area contributed by atoms with E-state index < -0.39 is 12.1 Å². The number of rotatable bonds is 4. The van der Waals surface area contributed by atoms with Gasteiger partial charge >= 0.3 is 0 Å². The fourth-order valence-corrected chi connectivity index (χ4v) is 5.39. The van der Waals surface area contributed by atoms with Crippen LogP contribution in [-0.2, 0) is 22.6 Å². The van der Waals surface area contributed by atoms with Gasteiger partial charge in [0.1, 0.15) is 12.6 Å². The summed E-state index contributed by atoms with van der Waals surface area (Å²) in [5, 5.41) is 21.4. The number of aromatic nitrogens is 1. The molecule has 4 aromatic rings. The van der Waals surface area contributed by atoms with Gasteiger partial charge < -0.3 is 25.2 Å². The molecule has 3 heterocycles. The predicted octanol–water partition coefficient (Wildman–Crippen LogP) is 3.75. The van der Waals surface area contributed by atoms with E-state index >= 15 is 0 Å². The third-order valence-electron chi connectivity index (χ3n) is 6.99. The van der Waals surface area contributed by atoms with Crippen LogP contribution >= 0.6 is 0 Å². The van der Waals surface area contributed by atoms with Gasteiger partial charge in [-0.3, -0.25) is 14.8 Å². The first-order valence-electron chi connectivity index (χ1n) is 11.5. The standard InChI is InChI=1S/C27H23N4O4/c32-24-16-29(15-17-6-2-1-3-7-17)27(33)23-14-21-20-8-4-5-9-22(20)28-25(21)26(30(23)24)18-10-12-19(13-11-18)31(34)35/h1-13,23,26,28,34H,14-16H2/q-1/t23-,26?/m0/s1. The molecular formula is C27H23N4O4-. The number of fused-ring (bicyclic) bond motifs is 4. The van der Waals surface area contributed by atoms with Crippen LogP contribution in [0.15, 0.2) is 78.9 Å². The number of amides is 2. The van der Waals surface area contributed by atoms with Gasteiger partial charge in [-0.15, -0.1) is 0 Å². The van der Waals surface area contributed by atoms with E-state index in [4.69, 9.17) is 0 Å². The lowest BCUT2D eigenvalue weighted by molar-refractivity contribution is -0.159. The monoisotopic (exact) mass is 467 g/mol. The molecule has 0 saturated carbocycles. The van der Waals surface area contributed by atoms with Gasteiger partial charge in [0.25, 0.3) is 0 Å². The van der Waals surface area contributed by atoms with Crippen LogP contribution in [-0.4, -0.2) is 44.4 Å². The van der Waals surface area contributed by atoms with Crippen molar-refractivity contribution in [3.8, 4) is 0 Å². The molecule has 8 nitrogen and oxygen atoms in total. The molecule has 1 saturated heterocycles. The zero-order valence-corrected chi connectivity index (χ0v) is 18.8. The predicted molar refractivity (Wildman–Crippen MR) is 130 cm³/mol. The smallest absolute Gasteiger partial charge is 0.246 e. The van der Waals surface area contributed by atoms with Crippen molar-refractivity contribution in [2.45, 2.75) is 25.0 Å². The highest BCUT2D eigenvalue weighted by Crippen LogP contribution is 2.42. The van der Waals surface area contributed by atoms with Crippen LogP contribution in [0.5, 0.6) is 0 Å². The molecule has 8 heteroatoms. The molecule has 176 valence electrons. The van der Waals surface area contributed by atoms with E-state index in [0.717, 1.165) is 33.3 Å². The molecule has 0 bridgehead atoms. The van der Waals surface area contributed by atoms with E-state index in [9.17, 15) is 20.0 Å². The zero-order chi connectivity index (χ0) is 24.1. The topological polar surface area (TPSA) is 103 Å². The second-order valence-electron chi connectivity index (χ2n) is 9.03. The highest BCUT2D eigenvalue weighted by molar-refractivity contribution is 5.97. The summed E-state index contributed by atoms with van der Waals surface area (Å²) in [6.45, 7) is 0.380. The molecule has 0 radical (unpaired) electrons. The molecule has 2 aliphatic rings. The lowest BCUT2D eigenvalue weighted by Crippen LogP contribution is -2.62. The number of hydrogen-bond donors (Lipinski definition) is 2. The first kappa shape index (κ1) is 21.4. The van der Waals surface area contributed by atoms with Crippen molar-refractivity contribution in [3.63, 3.8) is 0 Å². The number of benzene rings is 3. The molecule has 0 aliphatic carbocycles. The maximum Gasteiger partial charge on any atom is 0.246 e. The number of H-pyrrole nitrogens is 1. The molecule has 1 unspecified atom stereocenters. The van der Waals surface area contributed by atoms with Crippen LogP contribution in [0.4, 0.5) is 5.69 Å². The molecule has 1 aromatic heterocycles. The molecule has 0 spiro atoms. The minimum Gasteiger partial charge on any atom is -0.733 e. The lowest BCUT2D eigenvalue weighted by Gasteiger charge is -2.47. The van der Waals surface area contributed by atoms with Gasteiger partial charge in [-0.25, -0.2) is 0 Å².